The van der Waals surface area contributed by atoms with Crippen LogP contribution in [-0.2, 0) is 6.54 Å². The van der Waals surface area contributed by atoms with Gasteiger partial charge in [-0.2, -0.15) is 5.10 Å². The van der Waals surface area contributed by atoms with Crippen molar-refractivity contribution in [1.82, 2.24) is 24.2 Å². The van der Waals surface area contributed by atoms with Gasteiger partial charge >= 0.3 is 0 Å². The van der Waals surface area contributed by atoms with Gasteiger partial charge in [-0.3, -0.25) is 14.4 Å². The van der Waals surface area contributed by atoms with Gasteiger partial charge in [0.2, 0.25) is 0 Å². The van der Waals surface area contributed by atoms with E-state index in [1.807, 2.05) is 17.2 Å². The van der Waals surface area contributed by atoms with Crippen molar-refractivity contribution in [2.45, 2.75) is 37.9 Å². The summed E-state index contributed by atoms with van der Waals surface area (Å²) in [6, 6.07) is 0.977. The molecule has 1 saturated heterocycles. The highest BCUT2D eigenvalue weighted by atomic mass is 16.1. The van der Waals surface area contributed by atoms with Crippen molar-refractivity contribution in [2.24, 2.45) is 5.73 Å². The Hall–Kier alpha value is -2.15. The molecule has 0 spiro atoms. The van der Waals surface area contributed by atoms with Crippen LogP contribution in [0.3, 0.4) is 0 Å². The Morgan fingerprint density at radius 2 is 2.14 bits per heavy atom. The molecule has 2 aliphatic rings. The van der Waals surface area contributed by atoms with Gasteiger partial charge in [-0.1, -0.05) is 0 Å². The van der Waals surface area contributed by atoms with Crippen LogP contribution in [-0.4, -0.2) is 43.2 Å². The smallest absolute Gasteiger partial charge is 0.251 e. The molecular weight excluding hydrogens is 280 g/mol. The van der Waals surface area contributed by atoms with Crippen LogP contribution in [0.5, 0.6) is 0 Å². The van der Waals surface area contributed by atoms with Crippen LogP contribution < -0.4 is 5.73 Å². The molecule has 1 amide bonds. The number of hydrogen-bond donors (Lipinski definition) is 1. The van der Waals surface area contributed by atoms with Crippen LogP contribution in [0.15, 0.2) is 24.9 Å². The number of rotatable bonds is 5. The van der Waals surface area contributed by atoms with Crippen molar-refractivity contribution in [1.29, 1.82) is 0 Å². The second-order valence-corrected chi connectivity index (χ2v) is 6.27. The lowest BCUT2D eigenvalue weighted by Gasteiger charge is -2.17. The standard InChI is InChI=1S/C15H20N6O/c16-15(22)11-5-18-21(7-11)13-3-4-19(8-13)9-14-6-17-10-20(14)12-1-2-12/h5-7,10,12-13H,1-4,8-9H2,(H2,16,22). The summed E-state index contributed by atoms with van der Waals surface area (Å²) in [7, 11) is 0. The fourth-order valence-corrected chi connectivity index (χ4v) is 3.20. The molecule has 4 rings (SSSR count). The van der Waals surface area contributed by atoms with Crippen molar-refractivity contribution in [3.63, 3.8) is 0 Å². The molecule has 0 aromatic carbocycles. The minimum absolute atomic E-state index is 0.311. The monoisotopic (exact) mass is 300 g/mol. The fourth-order valence-electron chi connectivity index (χ4n) is 3.20. The summed E-state index contributed by atoms with van der Waals surface area (Å²) in [5, 5.41) is 4.28. The number of carbonyl (C=O) groups is 1. The van der Waals surface area contributed by atoms with Crippen LogP contribution in [0.4, 0.5) is 0 Å². The van der Waals surface area contributed by atoms with E-state index in [1.165, 1.54) is 18.5 Å². The fraction of sp³-hybridized carbons (Fsp3) is 0.533. The summed E-state index contributed by atoms with van der Waals surface area (Å²) in [4.78, 5) is 17.9. The third kappa shape index (κ3) is 2.52. The number of hydrogen-bond acceptors (Lipinski definition) is 4. The third-order valence-electron chi connectivity index (χ3n) is 4.58. The summed E-state index contributed by atoms with van der Waals surface area (Å²) in [6.45, 7) is 2.90. The molecule has 2 aromatic rings. The minimum Gasteiger partial charge on any atom is -0.366 e. The zero-order valence-electron chi connectivity index (χ0n) is 12.4. The van der Waals surface area contributed by atoms with Crippen molar-refractivity contribution >= 4 is 5.91 Å². The molecule has 1 aliphatic heterocycles. The zero-order valence-corrected chi connectivity index (χ0v) is 12.4. The number of primary amides is 1. The van der Waals surface area contributed by atoms with Gasteiger partial charge in [0.25, 0.3) is 5.91 Å². The first-order valence-corrected chi connectivity index (χ1v) is 7.78. The molecule has 3 heterocycles. The lowest BCUT2D eigenvalue weighted by molar-refractivity contribution is 0.1000. The first kappa shape index (κ1) is 13.5. The van der Waals surface area contributed by atoms with Gasteiger partial charge < -0.3 is 10.3 Å². The predicted molar refractivity (Wildman–Crippen MR) is 80.2 cm³/mol. The van der Waals surface area contributed by atoms with Gasteiger partial charge in [-0.25, -0.2) is 4.98 Å². The molecule has 7 nitrogen and oxygen atoms in total. The van der Waals surface area contributed by atoms with Gasteiger partial charge in [0.1, 0.15) is 0 Å². The van der Waals surface area contributed by atoms with E-state index in [9.17, 15) is 4.79 Å². The van der Waals surface area contributed by atoms with E-state index in [1.54, 1.807) is 12.4 Å². The molecule has 1 atom stereocenters. The zero-order chi connectivity index (χ0) is 15.1. The SMILES string of the molecule is NC(=O)c1cnn(C2CCN(Cc3cncn3C3CC3)C2)c1. The Morgan fingerprint density at radius 3 is 2.86 bits per heavy atom. The van der Waals surface area contributed by atoms with E-state index in [-0.39, 0.29) is 0 Å². The molecule has 2 fully saturated rings. The largest absolute Gasteiger partial charge is 0.366 e. The van der Waals surface area contributed by atoms with E-state index >= 15 is 0 Å². The van der Waals surface area contributed by atoms with E-state index in [2.05, 4.69) is 19.5 Å². The van der Waals surface area contributed by atoms with Gasteiger partial charge in [0.05, 0.1) is 29.8 Å². The predicted octanol–water partition coefficient (Wildman–Crippen LogP) is 0.960. The summed E-state index contributed by atoms with van der Waals surface area (Å²) in [6.07, 6.45) is 10.8. The number of imidazole rings is 1. The molecule has 7 heteroatoms. The van der Waals surface area contributed by atoms with Crippen molar-refractivity contribution in [3.05, 3.63) is 36.2 Å². The van der Waals surface area contributed by atoms with Crippen molar-refractivity contribution < 1.29 is 4.79 Å². The molecule has 1 aliphatic carbocycles. The summed E-state index contributed by atoms with van der Waals surface area (Å²) >= 11 is 0. The average molecular weight is 300 g/mol. The minimum atomic E-state index is -0.422. The number of amides is 1. The molecule has 2 aromatic heterocycles. The highest BCUT2D eigenvalue weighted by Gasteiger charge is 2.28. The van der Waals surface area contributed by atoms with Crippen molar-refractivity contribution in [2.75, 3.05) is 13.1 Å². The Bertz CT molecular complexity index is 686. The van der Waals surface area contributed by atoms with Gasteiger partial charge in [-0.15, -0.1) is 0 Å². The topological polar surface area (TPSA) is 82.0 Å². The number of nitrogens with two attached hydrogens (primary N) is 1. The maximum Gasteiger partial charge on any atom is 0.251 e. The number of likely N-dealkylation sites (tertiary alicyclic amines) is 1. The molecular formula is C15H20N6O. The third-order valence-corrected chi connectivity index (χ3v) is 4.58. The van der Waals surface area contributed by atoms with Crippen LogP contribution in [0.2, 0.25) is 0 Å². The maximum absolute atomic E-state index is 11.2. The lowest BCUT2D eigenvalue weighted by Crippen LogP contribution is -2.22. The van der Waals surface area contributed by atoms with Gasteiger partial charge in [-0.05, 0) is 19.3 Å². The van der Waals surface area contributed by atoms with Crippen molar-refractivity contribution in [3.8, 4) is 0 Å². The van der Waals surface area contributed by atoms with E-state index in [0.29, 0.717) is 17.6 Å². The van der Waals surface area contributed by atoms with Gasteiger partial charge in [0.15, 0.2) is 0 Å². The number of aromatic nitrogens is 4. The van der Waals surface area contributed by atoms with E-state index in [0.717, 1.165) is 26.1 Å². The summed E-state index contributed by atoms with van der Waals surface area (Å²) < 4.78 is 4.19. The summed E-state index contributed by atoms with van der Waals surface area (Å²) in [5.41, 5.74) is 7.05. The lowest BCUT2D eigenvalue weighted by atomic mass is 10.2. The molecule has 1 unspecified atom stereocenters. The Labute approximate surface area is 128 Å². The Morgan fingerprint density at radius 1 is 1.27 bits per heavy atom. The highest BCUT2D eigenvalue weighted by molar-refractivity contribution is 5.92. The number of carbonyl (C=O) groups excluding carboxylic acids is 1. The molecule has 116 valence electrons. The first-order valence-electron chi connectivity index (χ1n) is 7.78. The molecule has 2 N–H and O–H groups in total. The molecule has 1 saturated carbocycles. The van der Waals surface area contributed by atoms with E-state index in [4.69, 9.17) is 5.73 Å². The van der Waals surface area contributed by atoms with Crippen LogP contribution in [0, 0.1) is 0 Å². The Kier molecular flexibility index (Phi) is 3.22. The average Bonchev–Trinajstić information content (AvgIpc) is 2.96. The van der Waals surface area contributed by atoms with E-state index < -0.39 is 5.91 Å². The normalized spacial score (nSPS) is 22.3. The van der Waals surface area contributed by atoms with Crippen LogP contribution in [0.1, 0.15) is 47.4 Å². The maximum atomic E-state index is 11.2. The molecule has 22 heavy (non-hydrogen) atoms. The Balaban J connectivity index is 1.41. The first-order chi connectivity index (χ1) is 10.7. The quantitative estimate of drug-likeness (QED) is 0.891. The highest BCUT2D eigenvalue weighted by Crippen LogP contribution is 2.36. The van der Waals surface area contributed by atoms with Gasteiger partial charge in [0, 0.05) is 38.1 Å². The molecule has 0 radical (unpaired) electrons. The summed E-state index contributed by atoms with van der Waals surface area (Å²) in [5.74, 6) is -0.422. The second-order valence-electron chi connectivity index (χ2n) is 6.27. The second kappa shape index (κ2) is 5.24. The number of nitrogens with zero attached hydrogens (tertiary/aromatic N) is 5. The molecule has 0 bridgehead atoms. The van der Waals surface area contributed by atoms with Crippen LogP contribution in [0.25, 0.3) is 0 Å². The van der Waals surface area contributed by atoms with Crippen LogP contribution >= 0.6 is 0 Å².